The van der Waals surface area contributed by atoms with E-state index in [2.05, 4.69) is 18.8 Å². The fourth-order valence-electron chi connectivity index (χ4n) is 4.53. The summed E-state index contributed by atoms with van der Waals surface area (Å²) in [5, 5.41) is 11.0. The Kier molecular flexibility index (Phi) is 5.54. The maximum Gasteiger partial charge on any atom is 0.278 e. The molecule has 3 heterocycles. The second kappa shape index (κ2) is 8.29. The van der Waals surface area contributed by atoms with Gasteiger partial charge in [-0.25, -0.2) is 0 Å². The van der Waals surface area contributed by atoms with Gasteiger partial charge in [-0.3, -0.25) is 29.6 Å². The predicted molar refractivity (Wildman–Crippen MR) is 114 cm³/mol. The Labute approximate surface area is 180 Å². The van der Waals surface area contributed by atoms with Gasteiger partial charge >= 0.3 is 0 Å². The number of carbonyl (C=O) groups is 2. The van der Waals surface area contributed by atoms with Gasteiger partial charge in [-0.15, -0.1) is 0 Å². The number of nitrogens with zero attached hydrogens (tertiary/aromatic N) is 4. The summed E-state index contributed by atoms with van der Waals surface area (Å²) in [5.41, 5.74) is 1.97. The van der Waals surface area contributed by atoms with Crippen LogP contribution < -0.4 is 0 Å². The van der Waals surface area contributed by atoms with Crippen LogP contribution in [-0.4, -0.2) is 44.6 Å². The van der Waals surface area contributed by atoms with Gasteiger partial charge < -0.3 is 4.90 Å². The molecule has 0 spiro atoms. The lowest BCUT2D eigenvalue weighted by molar-refractivity contribution is -0.384. The van der Waals surface area contributed by atoms with E-state index < -0.39 is 4.92 Å². The molecule has 160 valence electrons. The fourth-order valence-corrected chi connectivity index (χ4v) is 4.53. The number of hydrogen-bond acceptors (Lipinski definition) is 6. The standard InChI is InChI=1S/C23H24N4O4/c1-15-11-16(2)13-25(12-15)21-20(18-3-5-19(6-4-18)27(30)31)22(28)26(23(21)29)14-17-7-9-24-10-8-17/h3-10,15-16H,11-14H2,1-2H3. The van der Waals surface area contributed by atoms with Crippen molar-refractivity contribution in [3.63, 3.8) is 0 Å². The molecule has 0 radical (unpaired) electrons. The number of carbonyl (C=O) groups excluding carboxylic acids is 2. The summed E-state index contributed by atoms with van der Waals surface area (Å²) in [7, 11) is 0. The largest absolute Gasteiger partial charge is 0.366 e. The number of likely N-dealkylation sites (tertiary alicyclic amines) is 1. The minimum Gasteiger partial charge on any atom is -0.366 e. The summed E-state index contributed by atoms with van der Waals surface area (Å²) in [6.45, 7) is 5.82. The highest BCUT2D eigenvalue weighted by Crippen LogP contribution is 2.36. The molecule has 2 unspecified atom stereocenters. The first-order chi connectivity index (χ1) is 14.8. The number of rotatable bonds is 5. The zero-order chi connectivity index (χ0) is 22.1. The zero-order valence-electron chi connectivity index (χ0n) is 17.5. The number of aromatic nitrogens is 1. The first kappa shape index (κ1) is 20.7. The van der Waals surface area contributed by atoms with Crippen LogP contribution >= 0.6 is 0 Å². The molecular weight excluding hydrogens is 396 g/mol. The van der Waals surface area contributed by atoms with Crippen molar-refractivity contribution in [3.05, 3.63) is 75.7 Å². The third kappa shape index (κ3) is 4.05. The number of hydrogen-bond donors (Lipinski definition) is 0. The Hall–Kier alpha value is -3.55. The molecule has 31 heavy (non-hydrogen) atoms. The monoisotopic (exact) mass is 420 g/mol. The van der Waals surface area contributed by atoms with Crippen LogP contribution in [0.3, 0.4) is 0 Å². The lowest BCUT2D eigenvalue weighted by Crippen LogP contribution is -2.41. The quantitative estimate of drug-likeness (QED) is 0.418. The van der Waals surface area contributed by atoms with Crippen LogP contribution in [0.1, 0.15) is 31.4 Å². The van der Waals surface area contributed by atoms with Crippen molar-refractivity contribution in [2.24, 2.45) is 11.8 Å². The molecule has 2 atom stereocenters. The van der Waals surface area contributed by atoms with E-state index in [1.807, 2.05) is 4.90 Å². The van der Waals surface area contributed by atoms with E-state index in [9.17, 15) is 19.7 Å². The summed E-state index contributed by atoms with van der Waals surface area (Å²) in [4.78, 5) is 44.7. The van der Waals surface area contributed by atoms with E-state index in [1.54, 1.807) is 36.7 Å². The van der Waals surface area contributed by atoms with E-state index in [4.69, 9.17) is 0 Å². The normalized spacial score (nSPS) is 21.7. The number of pyridine rings is 1. The summed E-state index contributed by atoms with van der Waals surface area (Å²) in [6.07, 6.45) is 4.32. The first-order valence-corrected chi connectivity index (χ1v) is 10.3. The number of amides is 2. The molecule has 2 aliphatic rings. The van der Waals surface area contributed by atoms with Crippen molar-refractivity contribution in [1.29, 1.82) is 0 Å². The fraction of sp³-hybridized carbons (Fsp3) is 0.348. The number of piperidine rings is 1. The van der Waals surface area contributed by atoms with E-state index in [-0.39, 0.29) is 24.0 Å². The molecule has 8 heteroatoms. The van der Waals surface area contributed by atoms with E-state index in [1.165, 1.54) is 17.0 Å². The maximum absolute atomic E-state index is 13.5. The summed E-state index contributed by atoms with van der Waals surface area (Å²) in [5.74, 6) is 0.0889. The van der Waals surface area contributed by atoms with E-state index in [0.717, 1.165) is 12.0 Å². The molecule has 2 aromatic rings. The van der Waals surface area contributed by atoms with Gasteiger partial charge in [-0.2, -0.15) is 0 Å². The van der Waals surface area contributed by atoms with E-state index in [0.29, 0.717) is 41.8 Å². The Bertz CT molecular complexity index is 1040. The third-order valence-corrected chi connectivity index (χ3v) is 5.79. The van der Waals surface area contributed by atoms with Gasteiger partial charge in [0.25, 0.3) is 17.5 Å². The topological polar surface area (TPSA) is 96.7 Å². The number of imide groups is 1. The van der Waals surface area contributed by atoms with E-state index >= 15 is 0 Å². The molecule has 0 aliphatic carbocycles. The summed E-state index contributed by atoms with van der Waals surface area (Å²) in [6, 6.07) is 9.37. The third-order valence-electron chi connectivity index (χ3n) is 5.79. The van der Waals surface area contributed by atoms with Crippen LogP contribution in [0.15, 0.2) is 54.5 Å². The number of benzene rings is 1. The molecule has 4 rings (SSSR count). The van der Waals surface area contributed by atoms with Crippen molar-refractivity contribution in [3.8, 4) is 0 Å². The minimum atomic E-state index is -0.482. The first-order valence-electron chi connectivity index (χ1n) is 10.3. The molecule has 1 aromatic carbocycles. The van der Waals surface area contributed by atoms with Crippen LogP contribution in [0.4, 0.5) is 5.69 Å². The minimum absolute atomic E-state index is 0.0588. The highest BCUT2D eigenvalue weighted by atomic mass is 16.6. The second-order valence-corrected chi connectivity index (χ2v) is 8.43. The Morgan fingerprint density at radius 3 is 2.19 bits per heavy atom. The number of non-ortho nitro benzene ring substituents is 1. The van der Waals surface area contributed by atoms with Crippen LogP contribution in [0, 0.1) is 22.0 Å². The molecule has 0 bridgehead atoms. The van der Waals surface area contributed by atoms with Crippen LogP contribution in [-0.2, 0) is 16.1 Å². The van der Waals surface area contributed by atoms with Gasteiger partial charge in [0.15, 0.2) is 0 Å². The van der Waals surface area contributed by atoms with Gasteiger partial charge in [0.1, 0.15) is 5.70 Å². The van der Waals surface area contributed by atoms with Crippen molar-refractivity contribution in [1.82, 2.24) is 14.8 Å². The molecular formula is C23H24N4O4. The maximum atomic E-state index is 13.5. The average molecular weight is 420 g/mol. The molecule has 8 nitrogen and oxygen atoms in total. The number of nitro benzene ring substituents is 1. The van der Waals surface area contributed by atoms with Crippen molar-refractivity contribution >= 4 is 23.1 Å². The van der Waals surface area contributed by atoms with Gasteiger partial charge in [-0.05, 0) is 53.6 Å². The lowest BCUT2D eigenvalue weighted by atomic mass is 9.91. The molecule has 1 aromatic heterocycles. The second-order valence-electron chi connectivity index (χ2n) is 8.43. The van der Waals surface area contributed by atoms with Gasteiger partial charge in [0.2, 0.25) is 0 Å². The molecule has 0 saturated carbocycles. The average Bonchev–Trinajstić information content (AvgIpc) is 2.98. The number of nitro groups is 1. The SMILES string of the molecule is CC1CC(C)CN(C2=C(c3ccc([N+](=O)[O-])cc3)C(=O)N(Cc3ccncc3)C2=O)C1. The smallest absolute Gasteiger partial charge is 0.278 e. The highest BCUT2D eigenvalue weighted by Gasteiger charge is 2.42. The van der Waals surface area contributed by atoms with Crippen LogP contribution in [0.25, 0.3) is 5.57 Å². The summed E-state index contributed by atoms with van der Waals surface area (Å²) < 4.78 is 0. The Morgan fingerprint density at radius 1 is 1.00 bits per heavy atom. The van der Waals surface area contributed by atoms with Crippen molar-refractivity contribution < 1.29 is 14.5 Å². The summed E-state index contributed by atoms with van der Waals surface area (Å²) >= 11 is 0. The molecule has 1 saturated heterocycles. The molecule has 2 aliphatic heterocycles. The molecule has 0 N–H and O–H groups in total. The predicted octanol–water partition coefficient (Wildman–Crippen LogP) is 3.25. The Morgan fingerprint density at radius 2 is 1.61 bits per heavy atom. The van der Waals surface area contributed by atoms with Crippen molar-refractivity contribution in [2.75, 3.05) is 13.1 Å². The van der Waals surface area contributed by atoms with Crippen LogP contribution in [0.5, 0.6) is 0 Å². The van der Waals surface area contributed by atoms with Gasteiger partial charge in [0, 0.05) is 37.6 Å². The van der Waals surface area contributed by atoms with Crippen molar-refractivity contribution in [2.45, 2.75) is 26.8 Å². The highest BCUT2D eigenvalue weighted by molar-refractivity contribution is 6.35. The van der Waals surface area contributed by atoms with Crippen LogP contribution in [0.2, 0.25) is 0 Å². The van der Waals surface area contributed by atoms with Gasteiger partial charge in [-0.1, -0.05) is 13.8 Å². The Balaban J connectivity index is 1.76. The van der Waals surface area contributed by atoms with Gasteiger partial charge in [0.05, 0.1) is 17.0 Å². The lowest BCUT2D eigenvalue weighted by Gasteiger charge is -2.37. The molecule has 1 fully saturated rings. The zero-order valence-corrected chi connectivity index (χ0v) is 17.5. The molecule has 2 amide bonds.